The van der Waals surface area contributed by atoms with Crippen molar-refractivity contribution in [1.29, 1.82) is 0 Å². The van der Waals surface area contributed by atoms with Gasteiger partial charge in [-0.25, -0.2) is 9.37 Å². The van der Waals surface area contributed by atoms with E-state index in [1.165, 1.54) is 18.5 Å². The van der Waals surface area contributed by atoms with Gasteiger partial charge >= 0.3 is 0 Å². The number of hydrogen-bond acceptors (Lipinski definition) is 4. The zero-order chi connectivity index (χ0) is 20.1. The highest BCUT2D eigenvalue weighted by molar-refractivity contribution is 6.30. The second-order valence-electron chi connectivity index (χ2n) is 6.48. The third-order valence-electron chi connectivity index (χ3n) is 4.43. The summed E-state index contributed by atoms with van der Waals surface area (Å²) >= 11 is 6.04. The van der Waals surface area contributed by atoms with E-state index in [0.29, 0.717) is 18.1 Å². The van der Waals surface area contributed by atoms with Crippen molar-refractivity contribution < 1.29 is 4.39 Å². The minimum atomic E-state index is -0.260. The first-order valence-corrected chi connectivity index (χ1v) is 9.54. The van der Waals surface area contributed by atoms with Crippen LogP contribution >= 0.6 is 11.6 Å². The summed E-state index contributed by atoms with van der Waals surface area (Å²) in [7, 11) is 0. The number of halogens is 2. The molecule has 0 bridgehead atoms. The Hall–Kier alpha value is -3.38. The zero-order valence-electron chi connectivity index (χ0n) is 15.5. The van der Waals surface area contributed by atoms with E-state index in [-0.39, 0.29) is 5.82 Å². The predicted octanol–water partition coefficient (Wildman–Crippen LogP) is 5.59. The van der Waals surface area contributed by atoms with Crippen LogP contribution in [-0.4, -0.2) is 21.3 Å². The van der Waals surface area contributed by atoms with Crippen LogP contribution in [0, 0.1) is 5.82 Å². The molecule has 2 N–H and O–H groups in total. The fourth-order valence-corrected chi connectivity index (χ4v) is 3.13. The van der Waals surface area contributed by atoms with Gasteiger partial charge in [0.05, 0.1) is 6.54 Å². The first-order valence-electron chi connectivity index (χ1n) is 9.16. The molecule has 0 radical (unpaired) electrons. The topological polar surface area (TPSA) is 54.8 Å². The van der Waals surface area contributed by atoms with Gasteiger partial charge in [-0.2, -0.15) is 5.10 Å². The maximum absolute atomic E-state index is 13.2. The molecule has 4 aromatic rings. The Bertz CT molecular complexity index is 1060. The third-order valence-corrected chi connectivity index (χ3v) is 4.68. The molecular formula is C22H19ClFN5. The van der Waals surface area contributed by atoms with Gasteiger partial charge in [0.15, 0.2) is 0 Å². The largest absolute Gasteiger partial charge is 0.383 e. The Labute approximate surface area is 173 Å². The van der Waals surface area contributed by atoms with Gasteiger partial charge in [0, 0.05) is 34.2 Å². The first kappa shape index (κ1) is 19.0. The molecule has 0 saturated carbocycles. The Balaban J connectivity index is 1.59. The third kappa shape index (κ3) is 4.92. The van der Waals surface area contributed by atoms with Crippen LogP contribution < -0.4 is 10.6 Å². The van der Waals surface area contributed by atoms with Crippen LogP contribution in [-0.2, 0) is 6.54 Å². The van der Waals surface area contributed by atoms with Crippen molar-refractivity contribution in [2.24, 2.45) is 0 Å². The molecule has 0 fully saturated rings. The van der Waals surface area contributed by atoms with Gasteiger partial charge in [0.25, 0.3) is 0 Å². The number of aromatic nitrogens is 3. The summed E-state index contributed by atoms with van der Waals surface area (Å²) in [4.78, 5) is 3.96. The fraction of sp³-hybridized carbons (Fsp3) is 0.0909. The molecule has 0 aliphatic rings. The maximum Gasteiger partial charge on any atom is 0.137 e. The number of anilines is 3. The van der Waals surface area contributed by atoms with E-state index in [1.54, 1.807) is 23.1 Å². The molecule has 0 amide bonds. The van der Waals surface area contributed by atoms with E-state index in [2.05, 4.69) is 20.7 Å². The quantitative estimate of drug-likeness (QED) is 0.419. The van der Waals surface area contributed by atoms with Crippen molar-refractivity contribution in [3.63, 3.8) is 0 Å². The van der Waals surface area contributed by atoms with E-state index in [9.17, 15) is 4.39 Å². The number of hydrogen-bond donors (Lipinski definition) is 2. The lowest BCUT2D eigenvalue weighted by Crippen LogP contribution is -2.11. The Morgan fingerprint density at radius 2 is 1.69 bits per heavy atom. The number of nitrogens with one attached hydrogen (secondary N) is 2. The van der Waals surface area contributed by atoms with Gasteiger partial charge in [-0.1, -0.05) is 29.8 Å². The Morgan fingerprint density at radius 3 is 2.41 bits per heavy atom. The highest BCUT2D eigenvalue weighted by atomic mass is 35.5. The van der Waals surface area contributed by atoms with Crippen molar-refractivity contribution in [2.45, 2.75) is 6.54 Å². The van der Waals surface area contributed by atoms with Gasteiger partial charge < -0.3 is 10.6 Å². The van der Waals surface area contributed by atoms with Gasteiger partial charge in [-0.15, -0.1) is 0 Å². The van der Waals surface area contributed by atoms with Gasteiger partial charge in [0.2, 0.25) is 0 Å². The van der Waals surface area contributed by atoms with Crippen LogP contribution in [0.5, 0.6) is 0 Å². The summed E-state index contributed by atoms with van der Waals surface area (Å²) in [5.41, 5.74) is 4.81. The maximum atomic E-state index is 13.2. The molecule has 3 aromatic carbocycles. The standard InChI is InChI=1S/C22H19ClFN5/c23-17-3-1-16(2-4-17)21-10-9-20(28-19-7-5-18(24)6-8-19)13-22(21)26-11-12-29-15-25-14-27-29/h1-10,13-15,26,28H,11-12H2. The fourth-order valence-electron chi connectivity index (χ4n) is 3.00. The SMILES string of the molecule is Fc1ccc(Nc2ccc(-c3ccc(Cl)cc3)c(NCCn3cncn3)c2)cc1. The molecule has 0 aliphatic heterocycles. The lowest BCUT2D eigenvalue weighted by atomic mass is 10.0. The molecule has 0 unspecified atom stereocenters. The van der Waals surface area contributed by atoms with Crippen LogP contribution in [0.2, 0.25) is 5.02 Å². The van der Waals surface area contributed by atoms with Crippen LogP contribution in [0.4, 0.5) is 21.5 Å². The van der Waals surface area contributed by atoms with Crippen molar-refractivity contribution in [3.8, 4) is 11.1 Å². The zero-order valence-corrected chi connectivity index (χ0v) is 16.3. The van der Waals surface area contributed by atoms with Gasteiger partial charge in [0.1, 0.15) is 18.5 Å². The molecule has 1 aromatic heterocycles. The second kappa shape index (κ2) is 8.75. The summed E-state index contributed by atoms with van der Waals surface area (Å²) in [5, 5.41) is 11.6. The summed E-state index contributed by atoms with van der Waals surface area (Å²) in [6, 6.07) is 20.1. The van der Waals surface area contributed by atoms with Crippen molar-refractivity contribution in [3.05, 3.63) is 90.2 Å². The van der Waals surface area contributed by atoms with Crippen LogP contribution in [0.15, 0.2) is 79.4 Å². The summed E-state index contributed by atoms with van der Waals surface area (Å²) in [6.45, 7) is 1.37. The van der Waals surface area contributed by atoms with Crippen molar-refractivity contribution in [2.75, 3.05) is 17.2 Å². The summed E-state index contributed by atoms with van der Waals surface area (Å²) < 4.78 is 14.9. The molecule has 0 saturated heterocycles. The van der Waals surface area contributed by atoms with Crippen molar-refractivity contribution >= 4 is 28.7 Å². The molecule has 1 heterocycles. The molecule has 146 valence electrons. The summed E-state index contributed by atoms with van der Waals surface area (Å²) in [5.74, 6) is -0.260. The average Bonchev–Trinajstić information content (AvgIpc) is 3.24. The second-order valence-corrected chi connectivity index (χ2v) is 6.92. The molecule has 0 spiro atoms. The molecule has 0 atom stereocenters. The van der Waals surface area contributed by atoms with E-state index in [1.807, 2.05) is 42.5 Å². The van der Waals surface area contributed by atoms with Crippen LogP contribution in [0.3, 0.4) is 0 Å². The van der Waals surface area contributed by atoms with E-state index in [4.69, 9.17) is 11.6 Å². The molecular weight excluding hydrogens is 389 g/mol. The monoisotopic (exact) mass is 407 g/mol. The van der Waals surface area contributed by atoms with Gasteiger partial charge in [-0.05, 0) is 54.1 Å². The summed E-state index contributed by atoms with van der Waals surface area (Å²) in [6.07, 6.45) is 3.21. The number of nitrogens with zero attached hydrogens (tertiary/aromatic N) is 3. The first-order chi connectivity index (χ1) is 14.2. The predicted molar refractivity (Wildman–Crippen MR) is 115 cm³/mol. The molecule has 0 aliphatic carbocycles. The van der Waals surface area contributed by atoms with E-state index < -0.39 is 0 Å². The number of rotatable bonds is 7. The lowest BCUT2D eigenvalue weighted by molar-refractivity contribution is 0.628. The van der Waals surface area contributed by atoms with E-state index in [0.717, 1.165) is 28.2 Å². The average molecular weight is 408 g/mol. The van der Waals surface area contributed by atoms with Crippen LogP contribution in [0.1, 0.15) is 0 Å². The van der Waals surface area contributed by atoms with E-state index >= 15 is 0 Å². The Kier molecular flexibility index (Phi) is 5.72. The minimum absolute atomic E-state index is 0.260. The molecule has 5 nitrogen and oxygen atoms in total. The highest BCUT2D eigenvalue weighted by Crippen LogP contribution is 2.32. The molecule has 4 rings (SSSR count). The normalized spacial score (nSPS) is 10.7. The highest BCUT2D eigenvalue weighted by Gasteiger charge is 2.08. The smallest absolute Gasteiger partial charge is 0.137 e. The van der Waals surface area contributed by atoms with Gasteiger partial charge in [-0.3, -0.25) is 4.68 Å². The number of benzene rings is 3. The molecule has 29 heavy (non-hydrogen) atoms. The van der Waals surface area contributed by atoms with Crippen molar-refractivity contribution in [1.82, 2.24) is 14.8 Å². The molecule has 7 heteroatoms. The Morgan fingerprint density at radius 1 is 0.931 bits per heavy atom. The minimum Gasteiger partial charge on any atom is -0.383 e. The lowest BCUT2D eigenvalue weighted by Gasteiger charge is -2.15. The van der Waals surface area contributed by atoms with Crippen LogP contribution in [0.25, 0.3) is 11.1 Å².